The van der Waals surface area contributed by atoms with Crippen LogP contribution in [-0.4, -0.2) is 73.7 Å². The molecule has 0 aromatic carbocycles. The average molecular weight is 337 g/mol. The molecule has 4 nitrogen and oxygen atoms in total. The van der Waals surface area contributed by atoms with Gasteiger partial charge in [0.15, 0.2) is 0 Å². The molecular weight excluding hydrogens is 296 g/mol. The highest BCUT2D eigenvalue weighted by Gasteiger charge is 2.30. The third-order valence-corrected chi connectivity index (χ3v) is 6.78. The van der Waals surface area contributed by atoms with E-state index in [4.69, 9.17) is 0 Å². The molecule has 0 bridgehead atoms. The number of likely N-dealkylation sites (tertiary alicyclic amines) is 2. The fraction of sp³-hybridized carbons (Fsp3) is 1.00. The molecule has 0 radical (unpaired) electrons. The van der Waals surface area contributed by atoms with Gasteiger partial charge in [0.25, 0.3) is 0 Å². The van der Waals surface area contributed by atoms with Gasteiger partial charge in [-0.1, -0.05) is 6.42 Å². The third kappa shape index (κ3) is 4.94. The van der Waals surface area contributed by atoms with Gasteiger partial charge in [-0.15, -0.1) is 0 Å². The summed E-state index contributed by atoms with van der Waals surface area (Å²) >= 11 is 0. The summed E-state index contributed by atoms with van der Waals surface area (Å²) in [5, 5.41) is 7.41. The minimum absolute atomic E-state index is 0.704. The molecule has 3 aliphatic rings. The zero-order valence-electron chi connectivity index (χ0n) is 16.3. The van der Waals surface area contributed by atoms with Crippen molar-refractivity contribution < 1.29 is 0 Å². The van der Waals surface area contributed by atoms with Gasteiger partial charge < -0.3 is 10.6 Å². The first-order chi connectivity index (χ1) is 11.7. The van der Waals surface area contributed by atoms with Crippen molar-refractivity contribution in [3.8, 4) is 0 Å². The van der Waals surface area contributed by atoms with Crippen LogP contribution in [0.3, 0.4) is 0 Å². The van der Waals surface area contributed by atoms with Gasteiger partial charge in [-0.05, 0) is 85.0 Å². The summed E-state index contributed by atoms with van der Waals surface area (Å²) in [4.78, 5) is 5.42. The lowest BCUT2D eigenvalue weighted by Gasteiger charge is -2.42. The first kappa shape index (κ1) is 18.6. The molecule has 0 amide bonds. The Morgan fingerprint density at radius 2 is 1.83 bits per heavy atom. The van der Waals surface area contributed by atoms with Gasteiger partial charge in [0, 0.05) is 37.3 Å². The van der Waals surface area contributed by atoms with E-state index in [0.29, 0.717) is 6.04 Å². The molecule has 140 valence electrons. The molecule has 2 N–H and O–H groups in total. The molecule has 1 saturated carbocycles. The molecule has 2 heterocycles. The number of rotatable bonds is 6. The Kier molecular flexibility index (Phi) is 6.97. The average Bonchev–Trinajstić information content (AvgIpc) is 3.10. The van der Waals surface area contributed by atoms with Crippen molar-refractivity contribution in [1.82, 2.24) is 20.4 Å². The van der Waals surface area contributed by atoms with Gasteiger partial charge in [-0.25, -0.2) is 0 Å². The van der Waals surface area contributed by atoms with Crippen molar-refractivity contribution in [3.05, 3.63) is 0 Å². The summed E-state index contributed by atoms with van der Waals surface area (Å²) in [7, 11) is 2.13. The molecule has 2 aliphatic heterocycles. The van der Waals surface area contributed by atoms with E-state index in [-0.39, 0.29) is 0 Å². The summed E-state index contributed by atoms with van der Waals surface area (Å²) in [5.74, 6) is 0.895. The Labute approximate surface area is 149 Å². The number of nitrogens with one attached hydrogen (secondary N) is 2. The van der Waals surface area contributed by atoms with Crippen molar-refractivity contribution in [3.63, 3.8) is 0 Å². The predicted octanol–water partition coefficient (Wildman–Crippen LogP) is 2.30. The number of piperidine rings is 1. The fourth-order valence-electron chi connectivity index (χ4n) is 5.11. The maximum absolute atomic E-state index is 3.91. The first-order valence-corrected chi connectivity index (χ1v) is 10.5. The van der Waals surface area contributed by atoms with Crippen molar-refractivity contribution in [2.24, 2.45) is 5.92 Å². The monoisotopic (exact) mass is 336 g/mol. The van der Waals surface area contributed by atoms with E-state index >= 15 is 0 Å². The van der Waals surface area contributed by atoms with E-state index in [1.165, 1.54) is 77.7 Å². The van der Waals surface area contributed by atoms with Crippen LogP contribution >= 0.6 is 0 Å². The van der Waals surface area contributed by atoms with Crippen molar-refractivity contribution in [2.45, 2.75) is 83.0 Å². The van der Waals surface area contributed by atoms with Gasteiger partial charge in [-0.2, -0.15) is 0 Å². The van der Waals surface area contributed by atoms with Crippen LogP contribution in [0.4, 0.5) is 0 Å². The number of hydrogen-bond acceptors (Lipinski definition) is 4. The fourth-order valence-corrected chi connectivity index (χ4v) is 5.11. The molecule has 0 aromatic heterocycles. The normalized spacial score (nSPS) is 36.5. The van der Waals surface area contributed by atoms with E-state index in [9.17, 15) is 0 Å². The highest BCUT2D eigenvalue weighted by Crippen LogP contribution is 2.29. The van der Waals surface area contributed by atoms with E-state index in [2.05, 4.69) is 41.3 Å². The topological polar surface area (TPSA) is 30.5 Å². The van der Waals surface area contributed by atoms with E-state index in [1.54, 1.807) is 0 Å². The van der Waals surface area contributed by atoms with Gasteiger partial charge in [-0.3, -0.25) is 9.80 Å². The van der Waals surface area contributed by atoms with E-state index in [0.717, 1.165) is 24.0 Å². The molecule has 1 aliphatic carbocycles. The Morgan fingerprint density at radius 1 is 0.958 bits per heavy atom. The molecule has 24 heavy (non-hydrogen) atoms. The van der Waals surface area contributed by atoms with Gasteiger partial charge in [0.1, 0.15) is 0 Å². The predicted molar refractivity (Wildman–Crippen MR) is 103 cm³/mol. The highest BCUT2D eigenvalue weighted by atomic mass is 15.2. The Hall–Kier alpha value is -0.160. The SMILES string of the molecule is CNC1CCCN(C2CCCC(CNC3CCN(C(C)C)C3)C2)C1. The van der Waals surface area contributed by atoms with E-state index in [1.807, 2.05) is 0 Å². The van der Waals surface area contributed by atoms with Crippen LogP contribution in [-0.2, 0) is 0 Å². The van der Waals surface area contributed by atoms with Crippen molar-refractivity contribution in [1.29, 1.82) is 0 Å². The molecule has 4 atom stereocenters. The second kappa shape index (κ2) is 8.98. The number of hydrogen-bond donors (Lipinski definition) is 2. The van der Waals surface area contributed by atoms with Crippen molar-refractivity contribution >= 4 is 0 Å². The smallest absolute Gasteiger partial charge is 0.0207 e. The molecule has 4 unspecified atom stereocenters. The quantitative estimate of drug-likeness (QED) is 0.779. The number of nitrogens with zero attached hydrogens (tertiary/aromatic N) is 2. The Morgan fingerprint density at radius 3 is 2.58 bits per heavy atom. The molecule has 0 aromatic rings. The van der Waals surface area contributed by atoms with Crippen LogP contribution in [0.25, 0.3) is 0 Å². The lowest BCUT2D eigenvalue weighted by atomic mass is 9.84. The lowest BCUT2D eigenvalue weighted by Crippen LogP contribution is -2.50. The van der Waals surface area contributed by atoms with Crippen LogP contribution in [0.2, 0.25) is 0 Å². The van der Waals surface area contributed by atoms with Gasteiger partial charge >= 0.3 is 0 Å². The molecule has 0 spiro atoms. The summed E-state index contributed by atoms with van der Waals surface area (Å²) < 4.78 is 0. The standard InChI is InChI=1S/C20H40N4/c1-16(2)23-11-9-19(15-23)22-13-17-6-4-8-20(12-17)24-10-5-7-18(14-24)21-3/h16-22H,4-15H2,1-3H3. The first-order valence-electron chi connectivity index (χ1n) is 10.5. The number of likely N-dealkylation sites (N-methyl/N-ethyl adjacent to an activating group) is 1. The maximum Gasteiger partial charge on any atom is 0.0207 e. The summed E-state index contributed by atoms with van der Waals surface area (Å²) in [5.41, 5.74) is 0. The zero-order valence-corrected chi connectivity index (χ0v) is 16.3. The van der Waals surface area contributed by atoms with Crippen molar-refractivity contribution in [2.75, 3.05) is 39.8 Å². The van der Waals surface area contributed by atoms with Crippen LogP contribution in [0.15, 0.2) is 0 Å². The zero-order chi connectivity index (χ0) is 16.9. The van der Waals surface area contributed by atoms with Crippen LogP contribution in [0, 0.1) is 5.92 Å². The third-order valence-electron chi connectivity index (χ3n) is 6.78. The largest absolute Gasteiger partial charge is 0.316 e. The summed E-state index contributed by atoms with van der Waals surface area (Å²) in [6.07, 6.45) is 9.79. The minimum Gasteiger partial charge on any atom is -0.316 e. The van der Waals surface area contributed by atoms with Crippen LogP contribution in [0.5, 0.6) is 0 Å². The Bertz CT molecular complexity index is 373. The second-order valence-electron chi connectivity index (χ2n) is 8.79. The van der Waals surface area contributed by atoms with Crippen LogP contribution < -0.4 is 10.6 Å². The molecular formula is C20H40N4. The Balaban J connectivity index is 1.41. The minimum atomic E-state index is 0.704. The van der Waals surface area contributed by atoms with E-state index < -0.39 is 0 Å². The highest BCUT2D eigenvalue weighted by molar-refractivity contribution is 4.88. The lowest BCUT2D eigenvalue weighted by molar-refractivity contribution is 0.0930. The van der Waals surface area contributed by atoms with Gasteiger partial charge in [0.2, 0.25) is 0 Å². The van der Waals surface area contributed by atoms with Gasteiger partial charge in [0.05, 0.1) is 0 Å². The second-order valence-corrected chi connectivity index (χ2v) is 8.79. The molecule has 3 fully saturated rings. The summed E-state index contributed by atoms with van der Waals surface area (Å²) in [6.45, 7) is 11.0. The summed E-state index contributed by atoms with van der Waals surface area (Å²) in [6, 6.07) is 3.00. The molecule has 3 rings (SSSR count). The molecule has 2 saturated heterocycles. The molecule has 4 heteroatoms. The van der Waals surface area contributed by atoms with Crippen LogP contribution in [0.1, 0.15) is 58.8 Å². The maximum atomic E-state index is 3.91.